The highest BCUT2D eigenvalue weighted by atomic mass is 19.4. The highest BCUT2D eigenvalue weighted by molar-refractivity contribution is 5.83. The summed E-state index contributed by atoms with van der Waals surface area (Å²) in [7, 11) is 0. The third-order valence-corrected chi connectivity index (χ3v) is 3.80. The van der Waals surface area contributed by atoms with E-state index in [4.69, 9.17) is 0 Å². The van der Waals surface area contributed by atoms with Crippen molar-refractivity contribution in [3.05, 3.63) is 59.4 Å². The molecule has 2 N–H and O–H groups in total. The third kappa shape index (κ3) is 9.80. The lowest BCUT2D eigenvalue weighted by Crippen LogP contribution is -2.36. The van der Waals surface area contributed by atoms with Crippen LogP contribution < -0.4 is 10.6 Å². The summed E-state index contributed by atoms with van der Waals surface area (Å²) in [6.45, 7) is 5.18. The number of carbonyl (C=O) groups is 2. The summed E-state index contributed by atoms with van der Waals surface area (Å²) in [6, 6.07) is 0. The first kappa shape index (κ1) is 23.3. The summed E-state index contributed by atoms with van der Waals surface area (Å²) in [5.41, 5.74) is 1.52. The number of carbonyl (C=O) groups excluding carboxylic acids is 2. The monoisotopic (exact) mass is 398 g/mol. The Morgan fingerprint density at radius 2 is 2.00 bits per heavy atom. The lowest BCUT2D eigenvalue weighted by atomic mass is 9.98. The molecule has 0 aliphatic heterocycles. The van der Waals surface area contributed by atoms with E-state index in [0.29, 0.717) is 12.0 Å². The minimum Gasteiger partial charge on any atom is -0.406 e. The van der Waals surface area contributed by atoms with Crippen LogP contribution in [0, 0.1) is 5.92 Å². The van der Waals surface area contributed by atoms with E-state index in [-0.39, 0.29) is 36.6 Å². The Kier molecular flexibility index (Phi) is 9.27. The summed E-state index contributed by atoms with van der Waals surface area (Å²) in [6.07, 6.45) is 7.34. The van der Waals surface area contributed by atoms with Gasteiger partial charge in [0.15, 0.2) is 0 Å². The average molecular weight is 398 g/mol. The van der Waals surface area contributed by atoms with Crippen molar-refractivity contribution in [3.8, 4) is 0 Å². The normalized spacial score (nSPS) is 16.1. The van der Waals surface area contributed by atoms with E-state index < -0.39 is 6.36 Å². The Bertz CT molecular complexity index is 717. The lowest BCUT2D eigenvalue weighted by Gasteiger charge is -2.12. The zero-order valence-electron chi connectivity index (χ0n) is 16.1. The van der Waals surface area contributed by atoms with Crippen molar-refractivity contribution in [1.29, 1.82) is 0 Å². The molecule has 0 aromatic heterocycles. The Labute approximate surface area is 162 Å². The van der Waals surface area contributed by atoms with Gasteiger partial charge in [0.2, 0.25) is 11.8 Å². The minimum atomic E-state index is -4.74. The lowest BCUT2D eigenvalue weighted by molar-refractivity contribution is -0.303. The fraction of sp³-hybridized carbons (Fsp3) is 0.400. The molecule has 1 aliphatic carbocycles. The number of alkyl halides is 3. The van der Waals surface area contributed by atoms with E-state index in [1.165, 1.54) is 19.1 Å². The molecule has 0 fully saturated rings. The Morgan fingerprint density at radius 3 is 2.61 bits per heavy atom. The van der Waals surface area contributed by atoms with Crippen LogP contribution in [0.2, 0.25) is 0 Å². The second-order valence-electron chi connectivity index (χ2n) is 6.13. The van der Waals surface area contributed by atoms with Gasteiger partial charge in [-0.3, -0.25) is 9.59 Å². The van der Waals surface area contributed by atoms with Gasteiger partial charge in [0.05, 0.1) is 6.54 Å². The number of rotatable bonds is 8. The fourth-order valence-corrected chi connectivity index (χ4v) is 2.28. The van der Waals surface area contributed by atoms with Crippen LogP contribution in [0.25, 0.3) is 0 Å². The SMILES string of the molecule is C/C=C(\C=C/C(C)C1=CCC=CC(OC(F)(F)F)=C1)CNC(=O)CNC(C)=O. The van der Waals surface area contributed by atoms with E-state index in [2.05, 4.69) is 15.4 Å². The largest absolute Gasteiger partial charge is 0.573 e. The quantitative estimate of drug-likeness (QED) is 0.613. The van der Waals surface area contributed by atoms with Gasteiger partial charge >= 0.3 is 6.36 Å². The molecular formula is C20H25F3N2O3. The minimum absolute atomic E-state index is 0.0981. The molecule has 0 bridgehead atoms. The number of halogens is 3. The number of hydrogen-bond donors (Lipinski definition) is 2. The Balaban J connectivity index is 2.68. The van der Waals surface area contributed by atoms with Crippen molar-refractivity contribution >= 4 is 11.8 Å². The van der Waals surface area contributed by atoms with E-state index in [1.807, 2.05) is 32.1 Å². The van der Waals surface area contributed by atoms with Gasteiger partial charge in [0.1, 0.15) is 5.76 Å². The van der Waals surface area contributed by atoms with Crippen LogP contribution in [0.1, 0.15) is 27.2 Å². The fourth-order valence-electron chi connectivity index (χ4n) is 2.28. The van der Waals surface area contributed by atoms with E-state index in [0.717, 1.165) is 5.57 Å². The first-order chi connectivity index (χ1) is 13.1. The Hall–Kier alpha value is -2.77. The predicted octanol–water partition coefficient (Wildman–Crippen LogP) is 3.68. The summed E-state index contributed by atoms with van der Waals surface area (Å²) in [4.78, 5) is 22.4. The molecule has 0 aromatic carbocycles. The van der Waals surface area contributed by atoms with Crippen molar-refractivity contribution in [2.75, 3.05) is 13.1 Å². The third-order valence-electron chi connectivity index (χ3n) is 3.80. The molecule has 1 rings (SSSR count). The highest BCUT2D eigenvalue weighted by Crippen LogP contribution is 2.26. The van der Waals surface area contributed by atoms with Crippen LogP contribution in [0.5, 0.6) is 0 Å². The van der Waals surface area contributed by atoms with E-state index in [1.54, 1.807) is 12.2 Å². The van der Waals surface area contributed by atoms with Crippen LogP contribution in [0.4, 0.5) is 13.2 Å². The first-order valence-electron chi connectivity index (χ1n) is 8.79. The summed E-state index contributed by atoms with van der Waals surface area (Å²) in [5, 5.41) is 5.09. The first-order valence-corrected chi connectivity index (χ1v) is 8.79. The zero-order valence-corrected chi connectivity index (χ0v) is 16.1. The van der Waals surface area contributed by atoms with Crippen molar-refractivity contribution in [2.24, 2.45) is 5.92 Å². The maximum atomic E-state index is 12.5. The second-order valence-corrected chi connectivity index (χ2v) is 6.13. The molecule has 154 valence electrons. The molecule has 0 heterocycles. The van der Waals surface area contributed by atoms with Crippen LogP contribution >= 0.6 is 0 Å². The molecule has 28 heavy (non-hydrogen) atoms. The molecule has 8 heteroatoms. The van der Waals surface area contributed by atoms with Crippen LogP contribution in [0.3, 0.4) is 0 Å². The smallest absolute Gasteiger partial charge is 0.406 e. The van der Waals surface area contributed by atoms with E-state index in [9.17, 15) is 22.8 Å². The maximum Gasteiger partial charge on any atom is 0.573 e. The highest BCUT2D eigenvalue weighted by Gasteiger charge is 2.31. The molecule has 0 aromatic rings. The maximum absolute atomic E-state index is 12.5. The summed E-state index contributed by atoms with van der Waals surface area (Å²) in [5.74, 6) is -1.02. The number of ether oxygens (including phenoxy) is 1. The molecule has 1 unspecified atom stereocenters. The topological polar surface area (TPSA) is 67.4 Å². The van der Waals surface area contributed by atoms with Gasteiger partial charge in [0.25, 0.3) is 0 Å². The summed E-state index contributed by atoms with van der Waals surface area (Å²) < 4.78 is 41.4. The number of nitrogens with one attached hydrogen (secondary N) is 2. The predicted molar refractivity (Wildman–Crippen MR) is 101 cm³/mol. The molecule has 0 saturated carbocycles. The van der Waals surface area contributed by atoms with Crippen molar-refractivity contribution in [3.63, 3.8) is 0 Å². The number of allylic oxidation sites excluding steroid dienone is 7. The average Bonchev–Trinajstić information content (AvgIpc) is 2.83. The molecule has 2 amide bonds. The van der Waals surface area contributed by atoms with Gasteiger partial charge in [0, 0.05) is 13.5 Å². The summed E-state index contributed by atoms with van der Waals surface area (Å²) >= 11 is 0. The van der Waals surface area contributed by atoms with Gasteiger partial charge < -0.3 is 15.4 Å². The van der Waals surface area contributed by atoms with Crippen LogP contribution in [0.15, 0.2) is 59.4 Å². The number of hydrogen-bond acceptors (Lipinski definition) is 3. The molecular weight excluding hydrogens is 373 g/mol. The standard InChI is InChI=1S/C20H25F3N2O3/c1-4-16(12-25-19(27)13-24-15(3)26)10-9-14(2)17-7-5-6-8-18(11-17)28-20(21,22)23/h4,6-11,14H,5,12-13H2,1-3H3,(H,24,26)(H,25,27)/b10-9-,16-4+. The molecule has 1 aliphatic rings. The van der Waals surface area contributed by atoms with Gasteiger partial charge in [-0.25, -0.2) is 0 Å². The Morgan fingerprint density at radius 1 is 1.29 bits per heavy atom. The van der Waals surface area contributed by atoms with E-state index >= 15 is 0 Å². The second kappa shape index (κ2) is 11.2. The molecule has 0 saturated heterocycles. The van der Waals surface area contributed by atoms with Gasteiger partial charge in [-0.15, -0.1) is 13.2 Å². The van der Waals surface area contributed by atoms with Crippen LogP contribution in [-0.4, -0.2) is 31.3 Å². The van der Waals surface area contributed by atoms with Gasteiger partial charge in [-0.2, -0.15) is 0 Å². The zero-order chi connectivity index (χ0) is 21.2. The van der Waals surface area contributed by atoms with Crippen LogP contribution in [-0.2, 0) is 14.3 Å². The van der Waals surface area contributed by atoms with Crippen molar-refractivity contribution in [1.82, 2.24) is 10.6 Å². The van der Waals surface area contributed by atoms with Crippen molar-refractivity contribution < 1.29 is 27.5 Å². The molecule has 5 nitrogen and oxygen atoms in total. The number of amides is 2. The van der Waals surface area contributed by atoms with Gasteiger partial charge in [-0.1, -0.05) is 37.3 Å². The van der Waals surface area contributed by atoms with Crippen molar-refractivity contribution in [2.45, 2.75) is 33.6 Å². The molecule has 0 spiro atoms. The molecule has 0 radical (unpaired) electrons. The molecule has 1 atom stereocenters. The van der Waals surface area contributed by atoms with Gasteiger partial charge in [-0.05, 0) is 42.6 Å².